The first kappa shape index (κ1) is 23.5. The van der Waals surface area contributed by atoms with E-state index in [1.165, 1.54) is 12.1 Å². The van der Waals surface area contributed by atoms with Crippen molar-refractivity contribution in [2.45, 2.75) is 31.7 Å². The number of ether oxygens (including phenoxy) is 2. The van der Waals surface area contributed by atoms with Gasteiger partial charge in [0.15, 0.2) is 0 Å². The molecule has 1 aliphatic heterocycles. The molecule has 2 aromatic rings. The Kier molecular flexibility index (Phi) is 8.03. The van der Waals surface area contributed by atoms with Gasteiger partial charge in [-0.2, -0.15) is 5.26 Å². The van der Waals surface area contributed by atoms with Crippen molar-refractivity contribution in [3.05, 3.63) is 53.3 Å². The third kappa shape index (κ3) is 5.55. The van der Waals surface area contributed by atoms with Crippen LogP contribution < -0.4 is 10.2 Å². The lowest BCUT2D eigenvalue weighted by atomic mass is 9.95. The second-order valence-corrected chi connectivity index (χ2v) is 7.79. The number of nitrogens with one attached hydrogen (secondary N) is 1. The van der Waals surface area contributed by atoms with Crippen molar-refractivity contribution < 1.29 is 23.8 Å². The lowest BCUT2D eigenvalue weighted by molar-refractivity contribution is -0.137. The van der Waals surface area contributed by atoms with Gasteiger partial charge in [-0.3, -0.25) is 4.79 Å². The van der Waals surface area contributed by atoms with E-state index in [1.807, 2.05) is 24.3 Å². The standard InChI is InChI=1S/C24H28FN3O4/c1-3-20-15-32-9-8-28(20)23-7-5-16(18(14-31-2)11-24(29)30)10-22(23)27-19-6-4-17(13-26)21(25)12-19/h4-7,10,12,18,20,27H,3,8-9,11,14-15H2,1-2H3,(H,29,30)/t18-,20?/m0/s1. The summed E-state index contributed by atoms with van der Waals surface area (Å²) < 4.78 is 25.1. The molecule has 1 saturated heterocycles. The quantitative estimate of drug-likeness (QED) is 0.600. The molecule has 1 fully saturated rings. The summed E-state index contributed by atoms with van der Waals surface area (Å²) in [6.45, 7) is 4.31. The summed E-state index contributed by atoms with van der Waals surface area (Å²) in [5, 5.41) is 21.6. The summed E-state index contributed by atoms with van der Waals surface area (Å²) in [6, 6.07) is 12.2. The van der Waals surface area contributed by atoms with Crippen LogP contribution in [-0.4, -0.2) is 50.6 Å². The molecule has 1 aliphatic rings. The van der Waals surface area contributed by atoms with Gasteiger partial charge in [0.05, 0.1) is 49.2 Å². The lowest BCUT2D eigenvalue weighted by Crippen LogP contribution is -2.45. The molecule has 1 unspecified atom stereocenters. The fourth-order valence-electron chi connectivity index (χ4n) is 3.99. The minimum atomic E-state index is -0.904. The monoisotopic (exact) mass is 441 g/mol. The van der Waals surface area contributed by atoms with E-state index in [0.717, 1.165) is 23.4 Å². The second kappa shape index (κ2) is 10.9. The van der Waals surface area contributed by atoms with Crippen LogP contribution in [0.2, 0.25) is 0 Å². The number of morpholine rings is 1. The van der Waals surface area contributed by atoms with Gasteiger partial charge in [-0.05, 0) is 42.3 Å². The van der Waals surface area contributed by atoms with E-state index in [1.54, 1.807) is 13.2 Å². The van der Waals surface area contributed by atoms with E-state index in [4.69, 9.17) is 14.7 Å². The Balaban J connectivity index is 2.03. The molecule has 0 spiro atoms. The Hall–Kier alpha value is -3.15. The Morgan fingerprint density at radius 3 is 2.88 bits per heavy atom. The maximum atomic E-state index is 14.2. The predicted octanol–water partition coefficient (Wildman–Crippen LogP) is 4.26. The van der Waals surface area contributed by atoms with Gasteiger partial charge in [-0.15, -0.1) is 0 Å². The molecule has 2 atom stereocenters. The molecule has 32 heavy (non-hydrogen) atoms. The van der Waals surface area contributed by atoms with E-state index >= 15 is 0 Å². The van der Waals surface area contributed by atoms with Crippen LogP contribution in [0.15, 0.2) is 36.4 Å². The van der Waals surface area contributed by atoms with Crippen LogP contribution in [0, 0.1) is 17.1 Å². The summed E-state index contributed by atoms with van der Waals surface area (Å²) in [5.41, 5.74) is 2.96. The molecule has 2 aromatic carbocycles. The van der Waals surface area contributed by atoms with Crippen molar-refractivity contribution in [1.82, 2.24) is 0 Å². The van der Waals surface area contributed by atoms with Gasteiger partial charge in [-0.25, -0.2) is 4.39 Å². The molecular weight excluding hydrogens is 413 g/mol. The molecule has 3 rings (SSSR count). The van der Waals surface area contributed by atoms with E-state index in [-0.39, 0.29) is 30.6 Å². The van der Waals surface area contributed by atoms with Gasteiger partial charge in [-0.1, -0.05) is 13.0 Å². The number of aliphatic carboxylic acids is 1. The predicted molar refractivity (Wildman–Crippen MR) is 120 cm³/mol. The normalized spacial score (nSPS) is 16.9. The number of carboxylic acids is 1. The maximum absolute atomic E-state index is 14.2. The molecule has 0 bridgehead atoms. The highest BCUT2D eigenvalue weighted by Gasteiger charge is 2.25. The van der Waals surface area contributed by atoms with Crippen molar-refractivity contribution in [1.29, 1.82) is 5.26 Å². The second-order valence-electron chi connectivity index (χ2n) is 7.79. The van der Waals surface area contributed by atoms with Crippen molar-refractivity contribution in [3.8, 4) is 6.07 Å². The van der Waals surface area contributed by atoms with E-state index < -0.39 is 11.8 Å². The molecular formula is C24H28FN3O4. The lowest BCUT2D eigenvalue weighted by Gasteiger charge is -2.38. The average molecular weight is 442 g/mol. The molecule has 0 amide bonds. The van der Waals surface area contributed by atoms with E-state index in [9.17, 15) is 14.3 Å². The van der Waals surface area contributed by atoms with Crippen LogP contribution in [0.25, 0.3) is 0 Å². The third-order valence-corrected chi connectivity index (χ3v) is 5.66. The number of halogens is 1. The summed E-state index contributed by atoms with van der Waals surface area (Å²) in [4.78, 5) is 13.6. The van der Waals surface area contributed by atoms with Crippen LogP contribution in [0.5, 0.6) is 0 Å². The fourth-order valence-corrected chi connectivity index (χ4v) is 3.99. The number of hydrogen-bond acceptors (Lipinski definition) is 6. The van der Waals surface area contributed by atoms with Gasteiger partial charge in [0.2, 0.25) is 0 Å². The molecule has 0 radical (unpaired) electrons. The van der Waals surface area contributed by atoms with E-state index in [0.29, 0.717) is 25.4 Å². The number of carboxylic acid groups (broad SMARTS) is 1. The minimum absolute atomic E-state index is 0.0228. The highest BCUT2D eigenvalue weighted by atomic mass is 19.1. The van der Waals surface area contributed by atoms with E-state index in [2.05, 4.69) is 17.1 Å². The van der Waals surface area contributed by atoms with Gasteiger partial charge < -0.3 is 24.8 Å². The smallest absolute Gasteiger partial charge is 0.304 e. The van der Waals surface area contributed by atoms with Crippen LogP contribution in [0.4, 0.5) is 21.5 Å². The summed E-state index contributed by atoms with van der Waals surface area (Å²) in [6.07, 6.45) is 0.839. The third-order valence-electron chi connectivity index (χ3n) is 5.66. The zero-order valence-corrected chi connectivity index (χ0v) is 18.3. The van der Waals surface area contributed by atoms with Crippen LogP contribution >= 0.6 is 0 Å². The van der Waals surface area contributed by atoms with Crippen molar-refractivity contribution in [2.24, 2.45) is 0 Å². The van der Waals surface area contributed by atoms with Crippen molar-refractivity contribution in [3.63, 3.8) is 0 Å². The number of rotatable bonds is 9. The van der Waals surface area contributed by atoms with Gasteiger partial charge in [0, 0.05) is 25.3 Å². The topological polar surface area (TPSA) is 94.8 Å². The minimum Gasteiger partial charge on any atom is -0.481 e. The largest absolute Gasteiger partial charge is 0.481 e. The van der Waals surface area contributed by atoms with Crippen molar-refractivity contribution in [2.75, 3.05) is 43.7 Å². The highest BCUT2D eigenvalue weighted by Crippen LogP contribution is 2.36. The molecule has 170 valence electrons. The van der Waals surface area contributed by atoms with Gasteiger partial charge in [0.1, 0.15) is 11.9 Å². The number of hydrogen-bond donors (Lipinski definition) is 2. The maximum Gasteiger partial charge on any atom is 0.304 e. The molecule has 0 aliphatic carbocycles. The number of benzene rings is 2. The van der Waals surface area contributed by atoms with Crippen LogP contribution in [-0.2, 0) is 14.3 Å². The average Bonchev–Trinajstić information content (AvgIpc) is 2.78. The Morgan fingerprint density at radius 1 is 1.41 bits per heavy atom. The molecule has 0 saturated carbocycles. The first-order chi connectivity index (χ1) is 15.5. The zero-order valence-electron chi connectivity index (χ0n) is 18.3. The Labute approximate surface area is 187 Å². The summed E-state index contributed by atoms with van der Waals surface area (Å²) in [7, 11) is 1.54. The number of methoxy groups -OCH3 is 1. The fraction of sp³-hybridized carbons (Fsp3) is 0.417. The molecule has 8 heteroatoms. The Morgan fingerprint density at radius 2 is 2.22 bits per heavy atom. The molecule has 7 nitrogen and oxygen atoms in total. The first-order valence-electron chi connectivity index (χ1n) is 10.6. The molecule has 1 heterocycles. The highest BCUT2D eigenvalue weighted by molar-refractivity contribution is 5.77. The Bertz CT molecular complexity index is 992. The zero-order chi connectivity index (χ0) is 23.1. The molecule has 2 N–H and O–H groups in total. The van der Waals surface area contributed by atoms with Crippen molar-refractivity contribution >= 4 is 23.0 Å². The number of nitriles is 1. The van der Waals surface area contributed by atoms with Crippen LogP contribution in [0.1, 0.15) is 36.8 Å². The summed E-state index contributed by atoms with van der Waals surface area (Å²) in [5.74, 6) is -1.83. The van der Waals surface area contributed by atoms with Crippen LogP contribution in [0.3, 0.4) is 0 Å². The molecule has 0 aromatic heterocycles. The number of anilines is 3. The van der Waals surface area contributed by atoms with Gasteiger partial charge in [0.25, 0.3) is 0 Å². The number of nitrogens with zero attached hydrogens (tertiary/aromatic N) is 2. The number of carbonyl (C=O) groups is 1. The van der Waals surface area contributed by atoms with Gasteiger partial charge >= 0.3 is 5.97 Å². The SMILES string of the molecule is CCC1COCCN1c1ccc([C@H](COC)CC(=O)O)cc1Nc1ccc(C#N)c(F)c1. The summed E-state index contributed by atoms with van der Waals surface area (Å²) >= 11 is 0. The first-order valence-corrected chi connectivity index (χ1v) is 10.6.